The highest BCUT2D eigenvalue weighted by Gasteiger charge is 2.09. The Morgan fingerprint density at radius 2 is 2.05 bits per heavy atom. The molecule has 0 aliphatic heterocycles. The third kappa shape index (κ3) is 3.13. The van der Waals surface area contributed by atoms with Crippen molar-refractivity contribution in [3.63, 3.8) is 0 Å². The van der Waals surface area contributed by atoms with E-state index < -0.39 is 5.91 Å². The van der Waals surface area contributed by atoms with Gasteiger partial charge in [0.05, 0.1) is 10.0 Å². The largest absolute Gasteiger partial charge is 0.319 e. The van der Waals surface area contributed by atoms with Gasteiger partial charge in [0.2, 0.25) is 0 Å². The van der Waals surface area contributed by atoms with Crippen molar-refractivity contribution in [2.75, 3.05) is 5.32 Å². The summed E-state index contributed by atoms with van der Waals surface area (Å²) in [4.78, 5) is 27.2. The van der Waals surface area contributed by atoms with E-state index in [1.807, 2.05) is 0 Å². The van der Waals surface area contributed by atoms with Crippen LogP contribution in [0.1, 0.15) is 10.4 Å². The van der Waals surface area contributed by atoms with Gasteiger partial charge in [-0.25, -0.2) is 4.98 Å². The molecule has 0 saturated heterocycles. The maximum absolute atomic E-state index is 11.9. The number of amides is 1. The zero-order valence-corrected chi connectivity index (χ0v) is 11.4. The number of hydrogen-bond donors (Lipinski definition) is 1. The van der Waals surface area contributed by atoms with Crippen LogP contribution in [0.5, 0.6) is 0 Å². The second-order valence-electron chi connectivity index (χ2n) is 3.80. The van der Waals surface area contributed by atoms with Crippen molar-refractivity contribution in [2.24, 2.45) is 7.05 Å². The third-order valence-electron chi connectivity index (χ3n) is 2.42. The maximum Gasteiger partial charge on any atom is 0.257 e. The highest BCUT2D eigenvalue weighted by molar-refractivity contribution is 6.42. The van der Waals surface area contributed by atoms with Gasteiger partial charge >= 0.3 is 0 Å². The fourth-order valence-corrected chi connectivity index (χ4v) is 1.62. The van der Waals surface area contributed by atoms with Crippen molar-refractivity contribution in [1.29, 1.82) is 0 Å². The van der Waals surface area contributed by atoms with Crippen LogP contribution in [0, 0.1) is 0 Å². The summed E-state index contributed by atoms with van der Waals surface area (Å²) in [6.07, 6.45) is 2.85. The Balaban J connectivity index is 2.23. The Bertz CT molecular complexity index is 698. The number of anilines is 1. The first-order chi connectivity index (χ1) is 8.97. The predicted molar refractivity (Wildman–Crippen MR) is 73.9 cm³/mol. The molecule has 0 saturated carbocycles. The molecule has 2 aromatic rings. The summed E-state index contributed by atoms with van der Waals surface area (Å²) < 4.78 is 1.37. The normalized spacial score (nSPS) is 10.3. The molecule has 0 aliphatic rings. The first-order valence-electron chi connectivity index (χ1n) is 5.26. The number of pyridine rings is 2. The molecule has 1 amide bonds. The van der Waals surface area contributed by atoms with E-state index >= 15 is 0 Å². The summed E-state index contributed by atoms with van der Waals surface area (Å²) in [5.41, 5.74) is -0.0225. The molecule has 7 heteroatoms. The molecule has 0 aliphatic carbocycles. The topological polar surface area (TPSA) is 64.0 Å². The Hall–Kier alpha value is -1.85. The van der Waals surface area contributed by atoms with E-state index in [4.69, 9.17) is 23.2 Å². The number of nitrogens with zero attached hydrogens (tertiary/aromatic N) is 2. The molecule has 0 fully saturated rings. The summed E-state index contributed by atoms with van der Waals surface area (Å²) in [7, 11) is 1.60. The molecule has 0 aromatic carbocycles. The van der Waals surface area contributed by atoms with Crippen LogP contribution in [0.25, 0.3) is 0 Å². The molecule has 0 atom stereocenters. The maximum atomic E-state index is 11.9. The van der Waals surface area contributed by atoms with Gasteiger partial charge in [0.1, 0.15) is 5.82 Å². The molecule has 2 rings (SSSR count). The van der Waals surface area contributed by atoms with E-state index in [-0.39, 0.29) is 22.0 Å². The zero-order chi connectivity index (χ0) is 14.0. The van der Waals surface area contributed by atoms with E-state index in [0.717, 1.165) is 0 Å². The van der Waals surface area contributed by atoms with Gasteiger partial charge in [-0.1, -0.05) is 23.2 Å². The summed E-state index contributed by atoms with van der Waals surface area (Å²) >= 11 is 11.5. The number of hydrogen-bond acceptors (Lipinski definition) is 3. The van der Waals surface area contributed by atoms with Gasteiger partial charge in [0, 0.05) is 37.1 Å². The van der Waals surface area contributed by atoms with E-state index in [0.29, 0.717) is 5.02 Å². The van der Waals surface area contributed by atoms with Gasteiger partial charge < -0.3 is 9.88 Å². The lowest BCUT2D eigenvalue weighted by atomic mass is 10.2. The molecule has 2 heterocycles. The molecule has 0 unspecified atom stereocenters. The number of aryl methyl sites for hydroxylation is 1. The SMILES string of the molecule is Cn1ccc(C(=O)Nc2cc(Cl)c(Cl)cn2)cc1=O. The standard InChI is InChI=1S/C12H9Cl2N3O2/c1-17-3-2-7(4-11(17)18)12(19)16-10-5-8(13)9(14)6-15-10/h2-6H,1H3,(H,15,16,19). The number of nitrogens with one attached hydrogen (secondary N) is 1. The highest BCUT2D eigenvalue weighted by atomic mass is 35.5. The van der Waals surface area contributed by atoms with Crippen LogP contribution in [0.4, 0.5) is 5.82 Å². The Kier molecular flexibility index (Phi) is 3.87. The summed E-state index contributed by atoms with van der Waals surface area (Å²) in [6, 6.07) is 4.21. The van der Waals surface area contributed by atoms with Crippen molar-refractivity contribution in [2.45, 2.75) is 0 Å². The van der Waals surface area contributed by atoms with Crippen LogP contribution in [0.15, 0.2) is 35.4 Å². The van der Waals surface area contributed by atoms with E-state index in [9.17, 15) is 9.59 Å². The number of halogens is 2. The first kappa shape index (κ1) is 13.6. The van der Waals surface area contributed by atoms with Crippen LogP contribution in [0.2, 0.25) is 10.0 Å². The molecular formula is C12H9Cl2N3O2. The van der Waals surface area contributed by atoms with Crippen LogP contribution in [-0.4, -0.2) is 15.5 Å². The van der Waals surface area contributed by atoms with Gasteiger partial charge in [-0.2, -0.15) is 0 Å². The lowest BCUT2D eigenvalue weighted by molar-refractivity contribution is 0.102. The van der Waals surface area contributed by atoms with E-state index in [1.165, 1.54) is 35.2 Å². The molecular weight excluding hydrogens is 289 g/mol. The number of carbonyl (C=O) groups is 1. The van der Waals surface area contributed by atoms with Crippen molar-refractivity contribution >= 4 is 34.9 Å². The van der Waals surface area contributed by atoms with E-state index in [2.05, 4.69) is 10.3 Å². The zero-order valence-electron chi connectivity index (χ0n) is 9.85. The molecule has 0 bridgehead atoms. The smallest absolute Gasteiger partial charge is 0.257 e. The van der Waals surface area contributed by atoms with Crippen molar-refractivity contribution in [3.05, 3.63) is 56.6 Å². The Morgan fingerprint density at radius 3 is 2.68 bits per heavy atom. The highest BCUT2D eigenvalue weighted by Crippen LogP contribution is 2.22. The minimum Gasteiger partial charge on any atom is -0.319 e. The first-order valence-corrected chi connectivity index (χ1v) is 6.02. The fraction of sp³-hybridized carbons (Fsp3) is 0.0833. The van der Waals surface area contributed by atoms with Crippen molar-refractivity contribution < 1.29 is 4.79 Å². The molecule has 19 heavy (non-hydrogen) atoms. The second kappa shape index (κ2) is 5.42. The van der Waals surface area contributed by atoms with Crippen LogP contribution in [0.3, 0.4) is 0 Å². The quantitative estimate of drug-likeness (QED) is 0.925. The lowest BCUT2D eigenvalue weighted by Crippen LogP contribution is -2.20. The number of carbonyl (C=O) groups excluding carboxylic acids is 1. The van der Waals surface area contributed by atoms with E-state index in [1.54, 1.807) is 7.05 Å². The minimum absolute atomic E-state index is 0.246. The van der Waals surface area contributed by atoms with Gasteiger partial charge in [-0.3, -0.25) is 9.59 Å². The number of aromatic nitrogens is 2. The monoisotopic (exact) mass is 297 g/mol. The van der Waals surface area contributed by atoms with Gasteiger partial charge in [0.15, 0.2) is 0 Å². The molecule has 98 valence electrons. The molecule has 2 aromatic heterocycles. The molecule has 0 radical (unpaired) electrons. The summed E-state index contributed by atoms with van der Waals surface area (Å²) in [6.45, 7) is 0. The average molecular weight is 298 g/mol. The average Bonchev–Trinajstić information content (AvgIpc) is 2.37. The van der Waals surface area contributed by atoms with Crippen LogP contribution >= 0.6 is 23.2 Å². The number of rotatable bonds is 2. The minimum atomic E-state index is -0.441. The van der Waals surface area contributed by atoms with Crippen LogP contribution < -0.4 is 10.9 Å². The molecule has 1 N–H and O–H groups in total. The Labute approximate surface area is 118 Å². The van der Waals surface area contributed by atoms with Crippen molar-refractivity contribution in [3.8, 4) is 0 Å². The summed E-state index contributed by atoms with van der Waals surface area (Å²) in [5, 5.41) is 3.12. The summed E-state index contributed by atoms with van der Waals surface area (Å²) in [5.74, 6) is -0.177. The predicted octanol–water partition coefficient (Wildman–Crippen LogP) is 2.34. The molecule has 5 nitrogen and oxygen atoms in total. The van der Waals surface area contributed by atoms with Crippen molar-refractivity contribution in [1.82, 2.24) is 9.55 Å². The lowest BCUT2D eigenvalue weighted by Gasteiger charge is -2.05. The Morgan fingerprint density at radius 1 is 1.32 bits per heavy atom. The second-order valence-corrected chi connectivity index (χ2v) is 4.62. The van der Waals surface area contributed by atoms with Crippen LogP contribution in [-0.2, 0) is 7.05 Å². The molecule has 0 spiro atoms. The van der Waals surface area contributed by atoms with Gasteiger partial charge in [-0.05, 0) is 6.07 Å². The van der Waals surface area contributed by atoms with Gasteiger partial charge in [-0.15, -0.1) is 0 Å². The fourth-order valence-electron chi connectivity index (χ4n) is 1.36. The van der Waals surface area contributed by atoms with Gasteiger partial charge in [0.25, 0.3) is 11.5 Å². The third-order valence-corrected chi connectivity index (χ3v) is 3.13.